The van der Waals surface area contributed by atoms with Gasteiger partial charge in [0.2, 0.25) is 0 Å². The number of H-pyrrole nitrogens is 1. The summed E-state index contributed by atoms with van der Waals surface area (Å²) in [6.07, 6.45) is 0. The van der Waals surface area contributed by atoms with E-state index < -0.39 is 0 Å². The van der Waals surface area contributed by atoms with E-state index in [0.717, 1.165) is 33.5 Å². The van der Waals surface area contributed by atoms with Crippen molar-refractivity contribution in [2.24, 2.45) is 0 Å². The number of benzene rings is 2. The van der Waals surface area contributed by atoms with Gasteiger partial charge < -0.3 is 4.74 Å². The van der Waals surface area contributed by atoms with Gasteiger partial charge in [-0.25, -0.2) is 0 Å². The molecule has 0 saturated carbocycles. The Morgan fingerprint density at radius 2 is 1.84 bits per heavy atom. The molecule has 3 heteroatoms. The maximum absolute atomic E-state index is 5.16. The van der Waals surface area contributed by atoms with Crippen LogP contribution >= 0.6 is 0 Å². The van der Waals surface area contributed by atoms with Crippen LogP contribution in [0, 0.1) is 0 Å². The van der Waals surface area contributed by atoms with Crippen molar-refractivity contribution < 1.29 is 4.74 Å². The molecule has 0 spiro atoms. The van der Waals surface area contributed by atoms with Crippen LogP contribution in [0.4, 0.5) is 0 Å². The summed E-state index contributed by atoms with van der Waals surface area (Å²) in [5, 5.41) is 8.47. The van der Waals surface area contributed by atoms with Gasteiger partial charge in [-0.05, 0) is 23.8 Å². The molecule has 1 heterocycles. The minimum atomic E-state index is 0.837. The highest BCUT2D eigenvalue weighted by Crippen LogP contribution is 2.27. The molecule has 3 rings (SSSR count). The first-order chi connectivity index (χ1) is 9.29. The van der Waals surface area contributed by atoms with Crippen LogP contribution in [0.25, 0.3) is 16.5 Å². The van der Waals surface area contributed by atoms with Gasteiger partial charge in [0.1, 0.15) is 5.75 Å². The summed E-state index contributed by atoms with van der Waals surface area (Å²) in [4.78, 5) is 0. The Morgan fingerprint density at radius 3 is 2.58 bits per heavy atom. The Hall–Kier alpha value is -2.55. The molecule has 0 amide bonds. The predicted octanol–water partition coefficient (Wildman–Crippen LogP) is 3.63. The number of hydrogen-bond acceptors (Lipinski definition) is 2. The number of aromatic nitrogens is 2. The highest BCUT2D eigenvalue weighted by Gasteiger charge is 2.10. The van der Waals surface area contributed by atoms with E-state index in [1.54, 1.807) is 7.11 Å². The van der Waals surface area contributed by atoms with Crippen LogP contribution in [0.3, 0.4) is 0 Å². The van der Waals surface area contributed by atoms with Gasteiger partial charge in [-0.15, -0.1) is 0 Å². The van der Waals surface area contributed by atoms with Crippen molar-refractivity contribution >= 4 is 16.5 Å². The fourth-order valence-electron chi connectivity index (χ4n) is 2.12. The first-order valence-electron chi connectivity index (χ1n) is 6.06. The summed E-state index contributed by atoms with van der Waals surface area (Å²) in [5.41, 5.74) is 3.85. The molecular formula is C16H14N2O. The van der Waals surface area contributed by atoms with E-state index in [2.05, 4.69) is 16.8 Å². The van der Waals surface area contributed by atoms with Gasteiger partial charge >= 0.3 is 0 Å². The van der Waals surface area contributed by atoms with Crippen molar-refractivity contribution in [1.82, 2.24) is 10.2 Å². The lowest BCUT2D eigenvalue weighted by molar-refractivity contribution is 0.415. The van der Waals surface area contributed by atoms with Crippen LogP contribution < -0.4 is 4.74 Å². The first kappa shape index (κ1) is 11.5. The molecule has 2 aromatic carbocycles. The Morgan fingerprint density at radius 1 is 1.11 bits per heavy atom. The fraction of sp³-hybridized carbons (Fsp3) is 0.0625. The molecule has 0 radical (unpaired) electrons. The SMILES string of the molecule is C=C(c1ccc(OC)cc1)c1n[nH]c2ccccc12. The summed E-state index contributed by atoms with van der Waals surface area (Å²) in [5.74, 6) is 0.837. The normalized spacial score (nSPS) is 10.6. The summed E-state index contributed by atoms with van der Waals surface area (Å²) < 4.78 is 5.16. The Kier molecular flexibility index (Phi) is 2.80. The van der Waals surface area contributed by atoms with Gasteiger partial charge in [0.15, 0.2) is 0 Å². The molecule has 1 aromatic heterocycles. The lowest BCUT2D eigenvalue weighted by Crippen LogP contribution is -1.88. The smallest absolute Gasteiger partial charge is 0.118 e. The fourth-order valence-corrected chi connectivity index (χ4v) is 2.12. The maximum atomic E-state index is 5.16. The third-order valence-corrected chi connectivity index (χ3v) is 3.19. The van der Waals surface area contributed by atoms with Crippen LogP contribution in [-0.2, 0) is 0 Å². The minimum absolute atomic E-state index is 0.837. The quantitative estimate of drug-likeness (QED) is 0.770. The predicted molar refractivity (Wildman–Crippen MR) is 77.2 cm³/mol. The molecule has 94 valence electrons. The van der Waals surface area contributed by atoms with Crippen LogP contribution in [0.1, 0.15) is 11.3 Å². The zero-order valence-corrected chi connectivity index (χ0v) is 10.7. The average molecular weight is 250 g/mol. The van der Waals surface area contributed by atoms with Crippen molar-refractivity contribution in [3.05, 3.63) is 66.4 Å². The number of nitrogens with zero attached hydrogens (tertiary/aromatic N) is 1. The number of fused-ring (bicyclic) bond motifs is 1. The summed E-state index contributed by atoms with van der Waals surface area (Å²) >= 11 is 0. The molecular weight excluding hydrogens is 236 g/mol. The molecule has 0 saturated heterocycles. The molecule has 0 fully saturated rings. The molecule has 0 unspecified atom stereocenters. The van der Waals surface area contributed by atoms with Crippen LogP contribution in [0.2, 0.25) is 0 Å². The Bertz CT molecular complexity index is 726. The van der Waals surface area contributed by atoms with E-state index >= 15 is 0 Å². The number of rotatable bonds is 3. The number of ether oxygens (including phenoxy) is 1. The molecule has 0 atom stereocenters. The van der Waals surface area contributed by atoms with Crippen LogP contribution in [-0.4, -0.2) is 17.3 Å². The average Bonchev–Trinajstić information content (AvgIpc) is 2.90. The van der Waals surface area contributed by atoms with Crippen LogP contribution in [0.15, 0.2) is 55.1 Å². The molecule has 19 heavy (non-hydrogen) atoms. The number of hydrogen-bond donors (Lipinski definition) is 1. The van der Waals surface area contributed by atoms with Crippen molar-refractivity contribution in [2.75, 3.05) is 7.11 Å². The number of methoxy groups -OCH3 is 1. The van der Waals surface area contributed by atoms with Gasteiger partial charge in [-0.2, -0.15) is 5.10 Å². The monoisotopic (exact) mass is 250 g/mol. The van der Waals surface area contributed by atoms with Gasteiger partial charge in [0.25, 0.3) is 0 Å². The maximum Gasteiger partial charge on any atom is 0.118 e. The summed E-state index contributed by atoms with van der Waals surface area (Å²) in [6.45, 7) is 4.15. The summed E-state index contributed by atoms with van der Waals surface area (Å²) in [7, 11) is 1.66. The van der Waals surface area contributed by atoms with Gasteiger partial charge in [0.05, 0.1) is 18.3 Å². The lowest BCUT2D eigenvalue weighted by atomic mass is 10.0. The van der Waals surface area contributed by atoms with E-state index in [9.17, 15) is 0 Å². The van der Waals surface area contributed by atoms with E-state index in [0.29, 0.717) is 0 Å². The highest BCUT2D eigenvalue weighted by molar-refractivity contribution is 5.94. The van der Waals surface area contributed by atoms with Crippen molar-refractivity contribution in [1.29, 1.82) is 0 Å². The van der Waals surface area contributed by atoms with E-state index in [1.165, 1.54) is 0 Å². The van der Waals surface area contributed by atoms with Crippen molar-refractivity contribution in [2.45, 2.75) is 0 Å². The largest absolute Gasteiger partial charge is 0.497 e. The standard InChI is InChI=1S/C16H14N2O/c1-11(12-7-9-13(19-2)10-8-12)16-14-5-3-4-6-15(14)17-18-16/h3-10H,1H2,2H3,(H,17,18). The van der Waals surface area contributed by atoms with Crippen LogP contribution in [0.5, 0.6) is 5.75 Å². The van der Waals surface area contributed by atoms with Crippen molar-refractivity contribution in [3.8, 4) is 5.75 Å². The van der Waals surface area contributed by atoms with Gasteiger partial charge in [0, 0.05) is 11.0 Å². The Labute approximate surface area is 111 Å². The molecule has 0 bridgehead atoms. The third kappa shape index (κ3) is 1.99. The lowest BCUT2D eigenvalue weighted by Gasteiger charge is -2.05. The van der Waals surface area contributed by atoms with Crippen molar-refractivity contribution in [3.63, 3.8) is 0 Å². The van der Waals surface area contributed by atoms with Gasteiger partial charge in [-0.3, -0.25) is 5.10 Å². The minimum Gasteiger partial charge on any atom is -0.497 e. The zero-order chi connectivity index (χ0) is 13.2. The molecule has 3 nitrogen and oxygen atoms in total. The molecule has 1 N–H and O–H groups in total. The Balaban J connectivity index is 2.03. The van der Waals surface area contributed by atoms with Gasteiger partial charge in [-0.1, -0.05) is 36.9 Å². The number of nitrogens with one attached hydrogen (secondary N) is 1. The molecule has 0 aliphatic heterocycles. The topological polar surface area (TPSA) is 37.9 Å². The first-order valence-corrected chi connectivity index (χ1v) is 6.06. The molecule has 0 aliphatic rings. The third-order valence-electron chi connectivity index (χ3n) is 3.19. The van der Waals surface area contributed by atoms with E-state index in [-0.39, 0.29) is 0 Å². The molecule has 0 aliphatic carbocycles. The highest BCUT2D eigenvalue weighted by atomic mass is 16.5. The zero-order valence-electron chi connectivity index (χ0n) is 10.7. The molecule has 3 aromatic rings. The second-order valence-corrected chi connectivity index (χ2v) is 4.32. The number of para-hydroxylation sites is 1. The number of aromatic amines is 1. The van der Waals surface area contributed by atoms with E-state index in [4.69, 9.17) is 4.74 Å². The second-order valence-electron chi connectivity index (χ2n) is 4.32. The summed E-state index contributed by atoms with van der Waals surface area (Å²) in [6, 6.07) is 15.9. The second kappa shape index (κ2) is 4.61. The van der Waals surface area contributed by atoms with E-state index in [1.807, 2.05) is 48.5 Å².